The molecule has 0 spiro atoms. The quantitative estimate of drug-likeness (QED) is 0.685. The van der Waals surface area contributed by atoms with Gasteiger partial charge in [0, 0.05) is 31.9 Å². The van der Waals surface area contributed by atoms with E-state index in [2.05, 4.69) is 10.2 Å². The number of nitrogens with zero attached hydrogens (tertiary/aromatic N) is 1. The van der Waals surface area contributed by atoms with E-state index in [1.807, 2.05) is 69.4 Å². The highest BCUT2D eigenvalue weighted by molar-refractivity contribution is 5.91. The average Bonchev–Trinajstić information content (AvgIpc) is 2.67. The smallest absolute Gasteiger partial charge is 0.244 e. The van der Waals surface area contributed by atoms with Crippen LogP contribution < -0.4 is 19.7 Å². The van der Waals surface area contributed by atoms with Crippen LogP contribution >= 0.6 is 0 Å². The van der Waals surface area contributed by atoms with Crippen molar-refractivity contribution >= 4 is 17.7 Å². The highest BCUT2D eigenvalue weighted by Gasteiger charge is 2.07. The van der Waals surface area contributed by atoms with Gasteiger partial charge in [-0.2, -0.15) is 0 Å². The number of hydrogen-bond acceptors (Lipinski definition) is 4. The molecule has 0 atom stereocenters. The number of ether oxygens (including phenoxy) is 2. The third-order valence-electron chi connectivity index (χ3n) is 3.92. The summed E-state index contributed by atoms with van der Waals surface area (Å²) in [6.45, 7) is 5.23. The highest BCUT2D eigenvalue weighted by atomic mass is 16.5. The van der Waals surface area contributed by atoms with Crippen LogP contribution in [0.15, 0.2) is 54.6 Å². The first-order valence-electron chi connectivity index (χ1n) is 9.06. The molecule has 5 heteroatoms. The van der Waals surface area contributed by atoms with Gasteiger partial charge in [0.05, 0.1) is 13.2 Å². The largest absolute Gasteiger partial charge is 0.493 e. The lowest BCUT2D eigenvalue weighted by molar-refractivity contribution is -0.116. The van der Waals surface area contributed by atoms with Gasteiger partial charge in [-0.3, -0.25) is 4.79 Å². The van der Waals surface area contributed by atoms with Gasteiger partial charge in [0.25, 0.3) is 0 Å². The lowest BCUT2D eigenvalue weighted by atomic mass is 10.2. The van der Waals surface area contributed by atoms with Gasteiger partial charge in [-0.05, 0) is 49.8 Å². The topological polar surface area (TPSA) is 50.8 Å². The number of rotatable bonds is 9. The van der Waals surface area contributed by atoms with Crippen molar-refractivity contribution in [2.24, 2.45) is 0 Å². The Bertz CT molecular complexity index is 757. The van der Waals surface area contributed by atoms with Gasteiger partial charge >= 0.3 is 0 Å². The molecule has 2 aromatic carbocycles. The minimum Gasteiger partial charge on any atom is -0.493 e. The molecule has 2 rings (SSSR count). The zero-order chi connectivity index (χ0) is 19.6. The maximum absolute atomic E-state index is 12.0. The molecule has 0 aliphatic carbocycles. The van der Waals surface area contributed by atoms with Crippen molar-refractivity contribution in [2.45, 2.75) is 20.0 Å². The first-order valence-corrected chi connectivity index (χ1v) is 9.06. The fraction of sp³-hybridized carbons (Fsp3) is 0.318. The number of anilines is 1. The lowest BCUT2D eigenvalue weighted by Crippen LogP contribution is -2.31. The van der Waals surface area contributed by atoms with E-state index < -0.39 is 0 Å². The van der Waals surface area contributed by atoms with E-state index >= 15 is 0 Å². The number of nitrogens with one attached hydrogen (secondary N) is 1. The zero-order valence-corrected chi connectivity index (χ0v) is 16.4. The summed E-state index contributed by atoms with van der Waals surface area (Å²) in [6.07, 6.45) is 3.36. The van der Waals surface area contributed by atoms with Gasteiger partial charge in [0.1, 0.15) is 0 Å². The minimum absolute atomic E-state index is 0.0695. The van der Waals surface area contributed by atoms with E-state index in [4.69, 9.17) is 9.47 Å². The fourth-order valence-electron chi connectivity index (χ4n) is 2.53. The maximum atomic E-state index is 12.0. The molecule has 0 aliphatic rings. The van der Waals surface area contributed by atoms with Gasteiger partial charge < -0.3 is 19.7 Å². The van der Waals surface area contributed by atoms with Crippen LogP contribution in [-0.2, 0) is 4.79 Å². The van der Waals surface area contributed by atoms with Crippen molar-refractivity contribution < 1.29 is 14.3 Å². The van der Waals surface area contributed by atoms with Crippen LogP contribution in [0.4, 0.5) is 5.69 Å². The predicted octanol–water partition coefficient (Wildman–Crippen LogP) is 3.75. The van der Waals surface area contributed by atoms with Crippen LogP contribution in [0.5, 0.6) is 11.5 Å². The van der Waals surface area contributed by atoms with Crippen molar-refractivity contribution in [1.82, 2.24) is 5.32 Å². The molecule has 0 fully saturated rings. The maximum Gasteiger partial charge on any atom is 0.244 e. The molecule has 0 bridgehead atoms. The summed E-state index contributed by atoms with van der Waals surface area (Å²) in [5, 5.41) is 2.90. The monoisotopic (exact) mass is 368 g/mol. The van der Waals surface area contributed by atoms with Crippen LogP contribution in [0.1, 0.15) is 19.4 Å². The fourth-order valence-corrected chi connectivity index (χ4v) is 2.53. The summed E-state index contributed by atoms with van der Waals surface area (Å²) < 4.78 is 11.1. The Morgan fingerprint density at radius 3 is 2.56 bits per heavy atom. The van der Waals surface area contributed by atoms with Crippen molar-refractivity contribution in [2.75, 3.05) is 32.1 Å². The van der Waals surface area contributed by atoms with Crippen LogP contribution in [0.2, 0.25) is 0 Å². The van der Waals surface area contributed by atoms with Crippen LogP contribution in [-0.4, -0.2) is 39.3 Å². The Kier molecular flexibility index (Phi) is 7.74. The van der Waals surface area contributed by atoms with E-state index in [9.17, 15) is 4.79 Å². The number of hydrogen-bond donors (Lipinski definition) is 1. The third kappa shape index (κ3) is 6.70. The number of carbonyl (C=O) groups is 1. The summed E-state index contributed by atoms with van der Waals surface area (Å²) in [6, 6.07) is 15.7. The van der Waals surface area contributed by atoms with Crippen molar-refractivity contribution in [3.63, 3.8) is 0 Å². The lowest BCUT2D eigenvalue weighted by Gasteiger charge is -2.19. The van der Waals surface area contributed by atoms with E-state index in [0.717, 1.165) is 17.8 Å². The van der Waals surface area contributed by atoms with Crippen LogP contribution in [0.25, 0.3) is 6.08 Å². The molecule has 2 aromatic rings. The summed E-state index contributed by atoms with van der Waals surface area (Å²) >= 11 is 0. The number of amides is 1. The van der Waals surface area contributed by atoms with Crippen molar-refractivity contribution in [3.05, 3.63) is 60.2 Å². The number of carbonyl (C=O) groups excluding carboxylic acids is 1. The number of benzene rings is 2. The normalized spacial score (nSPS) is 10.9. The number of likely N-dealkylation sites (N-methyl/N-ethyl adjacent to an activating group) is 1. The molecule has 1 amide bonds. The van der Waals surface area contributed by atoms with Crippen LogP contribution in [0, 0.1) is 0 Å². The first kappa shape index (κ1) is 20.4. The van der Waals surface area contributed by atoms with Gasteiger partial charge in [-0.25, -0.2) is 0 Å². The first-order chi connectivity index (χ1) is 13.0. The minimum atomic E-state index is -0.127. The summed E-state index contributed by atoms with van der Waals surface area (Å²) in [5.41, 5.74) is 2.00. The van der Waals surface area contributed by atoms with E-state index in [1.165, 1.54) is 6.08 Å². The molecular weight excluding hydrogens is 340 g/mol. The van der Waals surface area contributed by atoms with Crippen molar-refractivity contribution in [1.29, 1.82) is 0 Å². The molecule has 0 unspecified atom stereocenters. The summed E-state index contributed by atoms with van der Waals surface area (Å²) in [4.78, 5) is 14.1. The SMILES string of the molecule is COc1cc(/C=C/C(=O)NCCN(C)c2ccccc2)ccc1OC(C)C. The Labute approximate surface area is 161 Å². The van der Waals surface area contributed by atoms with Crippen LogP contribution in [0.3, 0.4) is 0 Å². The van der Waals surface area contributed by atoms with Crippen molar-refractivity contribution in [3.8, 4) is 11.5 Å². The molecule has 144 valence electrons. The summed E-state index contributed by atoms with van der Waals surface area (Å²) in [5.74, 6) is 1.21. The Morgan fingerprint density at radius 1 is 1.15 bits per heavy atom. The molecule has 0 saturated carbocycles. The second-order valence-electron chi connectivity index (χ2n) is 6.46. The Morgan fingerprint density at radius 2 is 1.89 bits per heavy atom. The van der Waals surface area contributed by atoms with Gasteiger partial charge in [0.15, 0.2) is 11.5 Å². The van der Waals surface area contributed by atoms with Gasteiger partial charge in [-0.1, -0.05) is 24.3 Å². The van der Waals surface area contributed by atoms with Gasteiger partial charge in [0.2, 0.25) is 5.91 Å². The Balaban J connectivity index is 1.85. The predicted molar refractivity (Wildman–Crippen MR) is 111 cm³/mol. The summed E-state index contributed by atoms with van der Waals surface area (Å²) in [7, 11) is 3.61. The molecule has 5 nitrogen and oxygen atoms in total. The highest BCUT2D eigenvalue weighted by Crippen LogP contribution is 2.29. The third-order valence-corrected chi connectivity index (χ3v) is 3.92. The average molecular weight is 368 g/mol. The molecular formula is C22H28N2O3. The molecule has 0 radical (unpaired) electrons. The Hall–Kier alpha value is -2.95. The zero-order valence-electron chi connectivity index (χ0n) is 16.4. The molecule has 0 saturated heterocycles. The second-order valence-corrected chi connectivity index (χ2v) is 6.46. The molecule has 0 aromatic heterocycles. The number of para-hydroxylation sites is 1. The molecule has 0 aliphatic heterocycles. The second kappa shape index (κ2) is 10.3. The molecule has 27 heavy (non-hydrogen) atoms. The number of methoxy groups -OCH3 is 1. The van der Waals surface area contributed by atoms with E-state index in [0.29, 0.717) is 18.0 Å². The molecule has 1 N–H and O–H groups in total. The standard InChI is InChI=1S/C22H28N2O3/c1-17(2)27-20-12-10-18(16-21(20)26-4)11-13-22(25)23-14-15-24(3)19-8-6-5-7-9-19/h5-13,16-17H,14-15H2,1-4H3,(H,23,25)/b13-11+. The van der Waals surface area contributed by atoms with E-state index in [-0.39, 0.29) is 12.0 Å². The van der Waals surface area contributed by atoms with E-state index in [1.54, 1.807) is 13.2 Å². The molecule has 0 heterocycles. The van der Waals surface area contributed by atoms with Gasteiger partial charge in [-0.15, -0.1) is 0 Å².